The molecule has 0 atom stereocenters. The minimum atomic E-state index is -0.506. The van der Waals surface area contributed by atoms with E-state index in [1.165, 1.54) is 0 Å². The third-order valence-electron chi connectivity index (χ3n) is 1.77. The smallest absolute Gasteiger partial charge is 0.330 e. The molecule has 0 spiro atoms. The number of rotatable bonds is 9. The van der Waals surface area contributed by atoms with Crippen LogP contribution >= 0.6 is 15.9 Å². The molecule has 0 saturated heterocycles. The molecule has 0 saturated carbocycles. The van der Waals surface area contributed by atoms with Crippen molar-refractivity contribution in [3.05, 3.63) is 12.7 Å². The van der Waals surface area contributed by atoms with E-state index in [2.05, 4.69) is 27.2 Å². The van der Waals surface area contributed by atoms with Crippen LogP contribution in [0.5, 0.6) is 0 Å². The lowest BCUT2D eigenvalue weighted by Gasteiger charge is -2.04. The fraction of sp³-hybridized carbons (Fsp3) is 0.636. The second-order valence-corrected chi connectivity index (χ2v) is 3.88. The summed E-state index contributed by atoms with van der Waals surface area (Å²) in [6.07, 6.45) is 4.39. The maximum Gasteiger partial charge on any atom is 0.330 e. The van der Waals surface area contributed by atoms with Crippen molar-refractivity contribution < 1.29 is 19.1 Å². The van der Waals surface area contributed by atoms with E-state index in [0.29, 0.717) is 6.42 Å². The van der Waals surface area contributed by atoms with Gasteiger partial charge in [0.25, 0.3) is 0 Å². The summed E-state index contributed by atoms with van der Waals surface area (Å²) >= 11 is 3.32. The van der Waals surface area contributed by atoms with Gasteiger partial charge in [0.2, 0.25) is 0 Å². The zero-order valence-corrected chi connectivity index (χ0v) is 10.8. The summed E-state index contributed by atoms with van der Waals surface area (Å²) in [6, 6.07) is 0. The molecule has 0 aromatic heterocycles. The Bertz CT molecular complexity index is 228. The van der Waals surface area contributed by atoms with Crippen LogP contribution in [0.3, 0.4) is 0 Å². The first-order valence-corrected chi connectivity index (χ1v) is 6.33. The van der Waals surface area contributed by atoms with E-state index in [-0.39, 0.29) is 19.2 Å². The lowest BCUT2D eigenvalue weighted by molar-refractivity contribution is -0.149. The summed E-state index contributed by atoms with van der Waals surface area (Å²) in [7, 11) is 0. The van der Waals surface area contributed by atoms with Gasteiger partial charge in [0, 0.05) is 17.8 Å². The van der Waals surface area contributed by atoms with Gasteiger partial charge in [0.05, 0.1) is 0 Å². The molecule has 5 heteroatoms. The van der Waals surface area contributed by atoms with Crippen molar-refractivity contribution >= 4 is 27.9 Å². The summed E-state index contributed by atoms with van der Waals surface area (Å²) in [6.45, 7) is 3.44. The molecule has 0 rings (SSSR count). The van der Waals surface area contributed by atoms with Crippen LogP contribution in [-0.2, 0) is 19.1 Å². The molecule has 16 heavy (non-hydrogen) atoms. The van der Waals surface area contributed by atoms with Gasteiger partial charge < -0.3 is 9.47 Å². The molecule has 0 bridgehead atoms. The first-order valence-electron chi connectivity index (χ1n) is 5.21. The average molecular weight is 293 g/mol. The van der Waals surface area contributed by atoms with Crippen LogP contribution in [0, 0.1) is 0 Å². The van der Waals surface area contributed by atoms with Crippen LogP contribution in [0.2, 0.25) is 0 Å². The molecular formula is C11H17BrO4. The number of hydrogen-bond acceptors (Lipinski definition) is 4. The molecule has 0 aliphatic heterocycles. The van der Waals surface area contributed by atoms with Crippen LogP contribution in [0.15, 0.2) is 12.7 Å². The van der Waals surface area contributed by atoms with Gasteiger partial charge >= 0.3 is 11.9 Å². The molecule has 0 aromatic rings. The highest BCUT2D eigenvalue weighted by atomic mass is 79.9. The van der Waals surface area contributed by atoms with E-state index >= 15 is 0 Å². The van der Waals surface area contributed by atoms with Gasteiger partial charge in [-0.2, -0.15) is 0 Å². The van der Waals surface area contributed by atoms with Crippen molar-refractivity contribution in [3.63, 3.8) is 0 Å². The standard InChI is InChI=1S/C11H17BrO4/c1-2-10(13)15-8-9-16-11(14)6-4-3-5-7-12/h2H,1,3-9H2. The van der Waals surface area contributed by atoms with Crippen molar-refractivity contribution in [3.8, 4) is 0 Å². The van der Waals surface area contributed by atoms with Gasteiger partial charge in [-0.1, -0.05) is 28.9 Å². The zero-order valence-electron chi connectivity index (χ0n) is 9.25. The van der Waals surface area contributed by atoms with Gasteiger partial charge in [-0.3, -0.25) is 4.79 Å². The number of halogens is 1. The van der Waals surface area contributed by atoms with Crippen molar-refractivity contribution in [2.75, 3.05) is 18.5 Å². The molecule has 0 aromatic carbocycles. The molecule has 0 heterocycles. The van der Waals surface area contributed by atoms with E-state index in [9.17, 15) is 9.59 Å². The minimum absolute atomic E-state index is 0.0813. The average Bonchev–Trinajstić information content (AvgIpc) is 2.30. The summed E-state index contributed by atoms with van der Waals surface area (Å²) in [5.41, 5.74) is 0. The molecule has 0 unspecified atom stereocenters. The van der Waals surface area contributed by atoms with Gasteiger partial charge in [-0.15, -0.1) is 0 Å². The normalized spacial score (nSPS) is 9.56. The van der Waals surface area contributed by atoms with Crippen LogP contribution in [0.25, 0.3) is 0 Å². The first kappa shape index (κ1) is 15.2. The van der Waals surface area contributed by atoms with Crippen LogP contribution in [-0.4, -0.2) is 30.5 Å². The number of esters is 2. The molecular weight excluding hydrogens is 276 g/mol. The summed E-state index contributed by atoms with van der Waals surface area (Å²) < 4.78 is 9.50. The summed E-state index contributed by atoms with van der Waals surface area (Å²) in [5, 5.41) is 0.958. The minimum Gasteiger partial charge on any atom is -0.462 e. The number of unbranched alkanes of at least 4 members (excludes halogenated alkanes) is 2. The Morgan fingerprint density at radius 3 is 2.44 bits per heavy atom. The monoisotopic (exact) mass is 292 g/mol. The maximum atomic E-state index is 11.1. The Morgan fingerprint density at radius 1 is 1.12 bits per heavy atom. The predicted octanol–water partition coefficient (Wildman–Crippen LogP) is 2.21. The van der Waals surface area contributed by atoms with Gasteiger partial charge in [0.1, 0.15) is 13.2 Å². The van der Waals surface area contributed by atoms with Crippen molar-refractivity contribution in [1.82, 2.24) is 0 Å². The second-order valence-electron chi connectivity index (χ2n) is 3.09. The summed E-state index contributed by atoms with van der Waals surface area (Å²) in [4.78, 5) is 21.7. The molecule has 0 aliphatic carbocycles. The van der Waals surface area contributed by atoms with Crippen LogP contribution in [0.1, 0.15) is 25.7 Å². The second kappa shape index (κ2) is 10.7. The van der Waals surface area contributed by atoms with Gasteiger partial charge in [-0.05, 0) is 12.8 Å². The third kappa shape index (κ3) is 9.71. The lowest BCUT2D eigenvalue weighted by Crippen LogP contribution is -2.12. The first-order chi connectivity index (χ1) is 7.70. The number of alkyl halides is 1. The lowest BCUT2D eigenvalue weighted by atomic mass is 10.2. The zero-order chi connectivity index (χ0) is 12.2. The molecule has 0 radical (unpaired) electrons. The molecule has 4 nitrogen and oxygen atoms in total. The fourth-order valence-corrected chi connectivity index (χ4v) is 1.37. The molecule has 0 amide bonds. The number of hydrogen-bond donors (Lipinski definition) is 0. The van der Waals surface area contributed by atoms with Crippen LogP contribution in [0.4, 0.5) is 0 Å². The highest BCUT2D eigenvalue weighted by Crippen LogP contribution is 2.03. The Kier molecular flexibility index (Phi) is 10.1. The summed E-state index contributed by atoms with van der Waals surface area (Å²) in [5.74, 6) is -0.752. The van der Waals surface area contributed by atoms with E-state index < -0.39 is 5.97 Å². The number of ether oxygens (including phenoxy) is 2. The number of carbonyl (C=O) groups is 2. The molecule has 92 valence electrons. The molecule has 0 N–H and O–H groups in total. The van der Waals surface area contributed by atoms with Crippen molar-refractivity contribution in [2.45, 2.75) is 25.7 Å². The van der Waals surface area contributed by atoms with Gasteiger partial charge in [0.15, 0.2) is 0 Å². The predicted molar refractivity (Wildman–Crippen MR) is 64.4 cm³/mol. The fourth-order valence-electron chi connectivity index (χ4n) is 0.969. The number of carbonyl (C=O) groups excluding carboxylic acids is 2. The highest BCUT2D eigenvalue weighted by molar-refractivity contribution is 9.09. The van der Waals surface area contributed by atoms with Crippen molar-refractivity contribution in [1.29, 1.82) is 0 Å². The highest BCUT2D eigenvalue weighted by Gasteiger charge is 2.02. The van der Waals surface area contributed by atoms with Crippen molar-refractivity contribution in [2.24, 2.45) is 0 Å². The van der Waals surface area contributed by atoms with E-state index in [0.717, 1.165) is 30.7 Å². The SMILES string of the molecule is C=CC(=O)OCCOC(=O)CCCCCBr. The largest absolute Gasteiger partial charge is 0.462 e. The van der Waals surface area contributed by atoms with E-state index in [1.54, 1.807) is 0 Å². The Labute approximate surface area is 104 Å². The molecule has 0 aliphatic rings. The quantitative estimate of drug-likeness (QED) is 0.283. The van der Waals surface area contributed by atoms with E-state index in [1.807, 2.05) is 0 Å². The Hall–Kier alpha value is -0.840. The maximum absolute atomic E-state index is 11.1. The molecule has 0 fully saturated rings. The van der Waals surface area contributed by atoms with Crippen LogP contribution < -0.4 is 0 Å². The Morgan fingerprint density at radius 2 is 1.81 bits per heavy atom. The third-order valence-corrected chi connectivity index (χ3v) is 2.33. The Balaban J connectivity index is 3.30. The van der Waals surface area contributed by atoms with Gasteiger partial charge in [-0.25, -0.2) is 4.79 Å². The van der Waals surface area contributed by atoms with E-state index in [4.69, 9.17) is 4.74 Å². The topological polar surface area (TPSA) is 52.6 Å².